The fraction of sp³-hybridized carbons (Fsp3) is 0.222. The van der Waals surface area contributed by atoms with Gasteiger partial charge in [0.15, 0.2) is 0 Å². The Morgan fingerprint density at radius 3 is 2.71 bits per heavy atom. The molecule has 0 radical (unpaired) electrons. The monoisotopic (exact) mass is 406 g/mol. The van der Waals surface area contributed by atoms with Crippen molar-refractivity contribution < 1.29 is 18.7 Å². The Morgan fingerprint density at radius 1 is 1.32 bits per heavy atom. The molecule has 3 aromatic rings. The van der Waals surface area contributed by atoms with Crippen LogP contribution in [-0.4, -0.2) is 32.3 Å². The molecule has 1 amide bonds. The van der Waals surface area contributed by atoms with Crippen molar-refractivity contribution in [2.45, 2.75) is 12.8 Å². The average Bonchev–Trinajstić information content (AvgIpc) is 3.46. The van der Waals surface area contributed by atoms with Gasteiger partial charge in [-0.15, -0.1) is 0 Å². The van der Waals surface area contributed by atoms with Crippen molar-refractivity contribution >= 4 is 34.5 Å². The third kappa shape index (κ3) is 3.18. The van der Waals surface area contributed by atoms with Crippen LogP contribution in [0.15, 0.2) is 35.4 Å². The van der Waals surface area contributed by atoms with Crippen LogP contribution in [-0.2, 0) is 0 Å². The summed E-state index contributed by atoms with van der Waals surface area (Å²) in [5.74, 6) is -1.78. The maximum Gasteiger partial charge on any atom is 0.414 e. The Balaban J connectivity index is 2.08. The lowest BCUT2D eigenvalue weighted by molar-refractivity contribution is 0.201. The zero-order valence-corrected chi connectivity index (χ0v) is 15.0. The van der Waals surface area contributed by atoms with Crippen molar-refractivity contribution in [1.82, 2.24) is 14.5 Å². The Hall–Kier alpha value is -3.07. The molecule has 1 aliphatic rings. The van der Waals surface area contributed by atoms with Gasteiger partial charge in [-0.2, -0.15) is 0 Å². The molecule has 0 aliphatic heterocycles. The number of pyridine rings is 1. The van der Waals surface area contributed by atoms with Gasteiger partial charge in [-0.3, -0.25) is 9.78 Å². The fourth-order valence-corrected chi connectivity index (χ4v) is 3.18. The summed E-state index contributed by atoms with van der Waals surface area (Å²) >= 11 is 6.07. The average molecular weight is 407 g/mol. The van der Waals surface area contributed by atoms with E-state index in [0.29, 0.717) is 0 Å². The molecule has 0 bridgehead atoms. The Morgan fingerprint density at radius 2 is 2.07 bits per heavy atom. The third-order valence-electron chi connectivity index (χ3n) is 4.47. The van der Waals surface area contributed by atoms with Crippen LogP contribution in [0.3, 0.4) is 0 Å². The van der Waals surface area contributed by atoms with Crippen molar-refractivity contribution in [2.24, 2.45) is 5.92 Å². The normalized spacial score (nSPS) is 13.7. The van der Waals surface area contributed by atoms with Crippen molar-refractivity contribution in [1.29, 1.82) is 0 Å². The number of hydrogen-bond donors (Lipinski definition) is 1. The molecule has 10 heteroatoms. The second-order valence-corrected chi connectivity index (χ2v) is 6.91. The summed E-state index contributed by atoms with van der Waals surface area (Å²) in [6, 6.07) is 3.26. The highest BCUT2D eigenvalue weighted by molar-refractivity contribution is 6.35. The molecule has 0 spiro atoms. The van der Waals surface area contributed by atoms with Gasteiger partial charge in [-0.05, 0) is 30.9 Å². The summed E-state index contributed by atoms with van der Waals surface area (Å²) in [6.07, 6.45) is 2.44. The Labute approximate surface area is 161 Å². The lowest BCUT2D eigenvalue weighted by Gasteiger charge is -2.22. The van der Waals surface area contributed by atoms with Crippen LogP contribution in [0.1, 0.15) is 12.8 Å². The summed E-state index contributed by atoms with van der Waals surface area (Å²) in [5, 5.41) is 9.39. The molecule has 0 atom stereocenters. The maximum absolute atomic E-state index is 14.4. The highest BCUT2D eigenvalue weighted by atomic mass is 35.5. The van der Waals surface area contributed by atoms with Gasteiger partial charge in [-0.25, -0.2) is 28.0 Å². The lowest BCUT2D eigenvalue weighted by atomic mass is 10.2. The van der Waals surface area contributed by atoms with E-state index in [1.165, 1.54) is 12.3 Å². The minimum absolute atomic E-state index is 0.0447. The zero-order valence-electron chi connectivity index (χ0n) is 14.3. The van der Waals surface area contributed by atoms with E-state index in [1.54, 1.807) is 0 Å². The first kappa shape index (κ1) is 18.3. The van der Waals surface area contributed by atoms with Gasteiger partial charge in [0.25, 0.3) is 5.56 Å². The first-order valence-corrected chi connectivity index (χ1v) is 8.76. The first-order valence-electron chi connectivity index (χ1n) is 8.39. The largest absolute Gasteiger partial charge is 0.465 e. The SMILES string of the molecule is O=C(O)N(CC1CC1)c1nc2c(F)ccc(Cl)c2c(=O)n1-c1cncc(F)c1. The zero-order chi connectivity index (χ0) is 20.0. The van der Waals surface area contributed by atoms with E-state index in [2.05, 4.69) is 9.97 Å². The molecule has 2 heterocycles. The highest BCUT2D eigenvalue weighted by Gasteiger charge is 2.31. The highest BCUT2D eigenvalue weighted by Crippen LogP contribution is 2.32. The van der Waals surface area contributed by atoms with E-state index < -0.39 is 23.3 Å². The van der Waals surface area contributed by atoms with Crippen molar-refractivity contribution in [3.63, 3.8) is 0 Å². The standard InChI is InChI=1S/C18H13ClF2N4O3/c19-12-3-4-13(21)15-14(12)16(26)25(11-5-10(20)6-22-7-11)17(23-15)24(18(27)28)8-9-1-2-9/h3-7,9H,1-2,8H2,(H,27,28). The van der Waals surface area contributed by atoms with E-state index >= 15 is 0 Å². The first-order chi connectivity index (χ1) is 13.4. The van der Waals surface area contributed by atoms with E-state index in [-0.39, 0.29) is 40.0 Å². The van der Waals surface area contributed by atoms with Gasteiger partial charge >= 0.3 is 6.09 Å². The minimum Gasteiger partial charge on any atom is -0.465 e. The van der Waals surface area contributed by atoms with Gasteiger partial charge in [0.05, 0.1) is 28.5 Å². The number of halogens is 3. The molecule has 0 unspecified atom stereocenters. The van der Waals surface area contributed by atoms with Gasteiger partial charge in [0, 0.05) is 12.6 Å². The molecular weight excluding hydrogens is 394 g/mol. The second-order valence-electron chi connectivity index (χ2n) is 6.50. The third-order valence-corrected chi connectivity index (χ3v) is 4.78. The topological polar surface area (TPSA) is 88.3 Å². The van der Waals surface area contributed by atoms with Crippen molar-refractivity contribution in [2.75, 3.05) is 11.4 Å². The number of hydrogen-bond acceptors (Lipinski definition) is 4. The number of carbonyl (C=O) groups is 1. The molecule has 144 valence electrons. The number of anilines is 1. The number of benzene rings is 1. The second kappa shape index (κ2) is 6.83. The van der Waals surface area contributed by atoms with Crippen molar-refractivity contribution in [3.8, 4) is 5.69 Å². The Bertz CT molecular complexity index is 1160. The minimum atomic E-state index is -1.36. The van der Waals surface area contributed by atoms with Crippen LogP contribution in [0.2, 0.25) is 5.02 Å². The van der Waals surface area contributed by atoms with Crippen LogP contribution in [0.5, 0.6) is 0 Å². The molecule has 28 heavy (non-hydrogen) atoms. The number of rotatable bonds is 4. The fourth-order valence-electron chi connectivity index (χ4n) is 2.95. The van der Waals surface area contributed by atoms with E-state index in [0.717, 1.165) is 40.6 Å². The number of amides is 1. The molecule has 4 rings (SSSR count). The molecule has 1 N–H and O–H groups in total. The summed E-state index contributed by atoms with van der Waals surface area (Å²) in [4.78, 5) is 33.7. The van der Waals surface area contributed by atoms with Crippen LogP contribution in [0, 0.1) is 17.6 Å². The van der Waals surface area contributed by atoms with Crippen LogP contribution >= 0.6 is 11.6 Å². The number of carboxylic acid groups (broad SMARTS) is 1. The number of fused-ring (bicyclic) bond motifs is 1. The molecule has 2 aromatic heterocycles. The Kier molecular flexibility index (Phi) is 4.46. The summed E-state index contributed by atoms with van der Waals surface area (Å²) in [5.41, 5.74) is -1.22. The van der Waals surface area contributed by atoms with Crippen LogP contribution < -0.4 is 10.5 Å². The molecule has 1 fully saturated rings. The van der Waals surface area contributed by atoms with Gasteiger partial charge in [-0.1, -0.05) is 11.6 Å². The number of aromatic nitrogens is 3. The molecule has 1 aliphatic carbocycles. The molecule has 7 nitrogen and oxygen atoms in total. The summed E-state index contributed by atoms with van der Waals surface area (Å²) < 4.78 is 29.0. The quantitative estimate of drug-likeness (QED) is 0.715. The molecule has 1 saturated carbocycles. The van der Waals surface area contributed by atoms with E-state index in [4.69, 9.17) is 11.6 Å². The van der Waals surface area contributed by atoms with E-state index in [1.807, 2.05) is 0 Å². The molecular formula is C18H13ClF2N4O3. The maximum atomic E-state index is 14.4. The number of nitrogens with zero attached hydrogens (tertiary/aromatic N) is 4. The van der Waals surface area contributed by atoms with Gasteiger partial charge in [0.1, 0.15) is 17.2 Å². The van der Waals surface area contributed by atoms with Gasteiger partial charge in [0.2, 0.25) is 5.95 Å². The molecule has 1 aromatic carbocycles. The predicted octanol–water partition coefficient (Wildman–Crippen LogP) is 3.61. The van der Waals surface area contributed by atoms with Crippen LogP contribution in [0.25, 0.3) is 16.6 Å². The van der Waals surface area contributed by atoms with Crippen LogP contribution in [0.4, 0.5) is 19.5 Å². The van der Waals surface area contributed by atoms with Gasteiger partial charge < -0.3 is 5.11 Å². The van der Waals surface area contributed by atoms with E-state index in [9.17, 15) is 23.5 Å². The smallest absolute Gasteiger partial charge is 0.414 e. The molecule has 0 saturated heterocycles. The van der Waals surface area contributed by atoms with Crippen molar-refractivity contribution in [3.05, 3.63) is 57.6 Å². The summed E-state index contributed by atoms with van der Waals surface area (Å²) in [7, 11) is 0. The predicted molar refractivity (Wildman–Crippen MR) is 98.2 cm³/mol. The lowest BCUT2D eigenvalue weighted by Crippen LogP contribution is -2.37. The summed E-state index contributed by atoms with van der Waals surface area (Å²) in [6.45, 7) is 0.0816.